The van der Waals surface area contributed by atoms with Crippen LogP contribution in [0.15, 0.2) is 36.4 Å². The average Bonchev–Trinajstić information content (AvgIpc) is 2.40. The summed E-state index contributed by atoms with van der Waals surface area (Å²) >= 11 is 0. The molecule has 4 heteroatoms. The number of aromatic hydroxyl groups is 1. The van der Waals surface area contributed by atoms with E-state index in [-0.39, 0.29) is 11.8 Å². The molecule has 1 atom stereocenters. The molecule has 0 aromatic heterocycles. The number of phenolic OH excluding ortho intramolecular Hbond substituents is 1. The quantitative estimate of drug-likeness (QED) is 0.890. The second-order valence-corrected chi connectivity index (χ2v) is 5.47. The minimum atomic E-state index is -0.407. The van der Waals surface area contributed by atoms with E-state index in [9.17, 15) is 9.50 Å². The molecular formula is C17H21FN2O. The lowest BCUT2D eigenvalue weighted by Gasteiger charge is -2.20. The fourth-order valence-corrected chi connectivity index (χ4v) is 2.38. The molecule has 0 saturated carbocycles. The maximum atomic E-state index is 13.9. The van der Waals surface area contributed by atoms with Crippen LogP contribution < -0.4 is 10.2 Å². The monoisotopic (exact) mass is 288 g/mol. The van der Waals surface area contributed by atoms with Crippen molar-refractivity contribution in [3.8, 4) is 5.75 Å². The van der Waals surface area contributed by atoms with E-state index in [4.69, 9.17) is 0 Å². The predicted molar refractivity (Wildman–Crippen MR) is 85.6 cm³/mol. The second-order valence-electron chi connectivity index (χ2n) is 5.47. The van der Waals surface area contributed by atoms with Crippen LogP contribution in [0.4, 0.5) is 15.8 Å². The Balaban J connectivity index is 2.23. The summed E-state index contributed by atoms with van der Waals surface area (Å²) in [5.41, 5.74) is 3.77. The summed E-state index contributed by atoms with van der Waals surface area (Å²) in [5.74, 6) is -0.469. The number of rotatable bonds is 4. The van der Waals surface area contributed by atoms with Gasteiger partial charge in [0.25, 0.3) is 0 Å². The van der Waals surface area contributed by atoms with Gasteiger partial charge in [0.05, 0.1) is 6.04 Å². The summed E-state index contributed by atoms with van der Waals surface area (Å²) in [4.78, 5) is 2.05. The van der Waals surface area contributed by atoms with E-state index >= 15 is 0 Å². The molecule has 0 fully saturated rings. The van der Waals surface area contributed by atoms with E-state index in [0.29, 0.717) is 5.56 Å². The molecule has 0 saturated heterocycles. The van der Waals surface area contributed by atoms with Crippen LogP contribution in [0.3, 0.4) is 0 Å². The topological polar surface area (TPSA) is 35.5 Å². The molecular weight excluding hydrogens is 267 g/mol. The van der Waals surface area contributed by atoms with Crippen molar-refractivity contribution in [2.75, 3.05) is 24.3 Å². The zero-order chi connectivity index (χ0) is 15.6. The van der Waals surface area contributed by atoms with Gasteiger partial charge in [-0.1, -0.05) is 12.1 Å². The minimum absolute atomic E-state index is 0.0614. The molecule has 0 aliphatic rings. The molecule has 112 valence electrons. The van der Waals surface area contributed by atoms with Gasteiger partial charge in [0.1, 0.15) is 11.6 Å². The average molecular weight is 288 g/mol. The lowest BCUT2D eigenvalue weighted by atomic mass is 10.1. The van der Waals surface area contributed by atoms with Crippen LogP contribution in [0.5, 0.6) is 5.75 Å². The van der Waals surface area contributed by atoms with Gasteiger partial charge < -0.3 is 15.3 Å². The van der Waals surface area contributed by atoms with Gasteiger partial charge >= 0.3 is 0 Å². The molecule has 0 aliphatic carbocycles. The van der Waals surface area contributed by atoms with Gasteiger partial charge in [0.15, 0.2) is 0 Å². The van der Waals surface area contributed by atoms with Crippen molar-refractivity contribution in [2.45, 2.75) is 19.9 Å². The summed E-state index contributed by atoms with van der Waals surface area (Å²) in [5, 5.41) is 12.6. The Kier molecular flexibility index (Phi) is 4.36. The van der Waals surface area contributed by atoms with Crippen LogP contribution in [0.1, 0.15) is 24.1 Å². The first-order valence-corrected chi connectivity index (χ1v) is 6.91. The first kappa shape index (κ1) is 15.2. The van der Waals surface area contributed by atoms with Crippen molar-refractivity contribution in [3.05, 3.63) is 53.3 Å². The third-order valence-electron chi connectivity index (χ3n) is 3.52. The fourth-order valence-electron chi connectivity index (χ4n) is 2.38. The third-order valence-corrected chi connectivity index (χ3v) is 3.52. The molecule has 0 aliphatic heterocycles. The number of aryl methyl sites for hydroxylation is 1. The van der Waals surface area contributed by atoms with Crippen molar-refractivity contribution < 1.29 is 9.50 Å². The standard InChI is InChI=1S/C17H21FN2O/c1-11-5-6-13(9-17(11)20(3)4)19-12(2)15-8-7-14(21)10-16(15)18/h5-10,12,19,21H,1-4H3. The number of hydrogen-bond acceptors (Lipinski definition) is 3. The van der Waals surface area contributed by atoms with E-state index in [1.807, 2.05) is 44.1 Å². The third kappa shape index (κ3) is 3.45. The van der Waals surface area contributed by atoms with Gasteiger partial charge in [-0.05, 0) is 37.6 Å². The maximum absolute atomic E-state index is 13.9. The van der Waals surface area contributed by atoms with Gasteiger partial charge in [0, 0.05) is 37.1 Å². The molecule has 2 N–H and O–H groups in total. The van der Waals surface area contributed by atoms with Crippen molar-refractivity contribution in [1.82, 2.24) is 0 Å². The molecule has 0 radical (unpaired) electrons. The van der Waals surface area contributed by atoms with Crippen LogP contribution >= 0.6 is 0 Å². The highest BCUT2D eigenvalue weighted by atomic mass is 19.1. The second kappa shape index (κ2) is 6.04. The van der Waals surface area contributed by atoms with Gasteiger partial charge in [0.2, 0.25) is 0 Å². The highest BCUT2D eigenvalue weighted by Crippen LogP contribution is 2.27. The zero-order valence-corrected chi connectivity index (χ0v) is 12.8. The summed E-state index contributed by atoms with van der Waals surface area (Å²) in [6.07, 6.45) is 0. The Bertz CT molecular complexity index is 641. The van der Waals surface area contributed by atoms with Crippen LogP contribution in [0.25, 0.3) is 0 Å². The minimum Gasteiger partial charge on any atom is -0.508 e. The van der Waals surface area contributed by atoms with Crippen molar-refractivity contribution in [3.63, 3.8) is 0 Å². The van der Waals surface area contributed by atoms with Crippen molar-refractivity contribution in [1.29, 1.82) is 0 Å². The largest absolute Gasteiger partial charge is 0.508 e. The first-order chi connectivity index (χ1) is 9.88. The molecule has 1 unspecified atom stereocenters. The Morgan fingerprint density at radius 2 is 1.86 bits per heavy atom. The number of halogens is 1. The van der Waals surface area contributed by atoms with Crippen molar-refractivity contribution >= 4 is 11.4 Å². The van der Waals surface area contributed by atoms with Gasteiger partial charge in [-0.15, -0.1) is 0 Å². The lowest BCUT2D eigenvalue weighted by Crippen LogP contribution is -2.12. The highest BCUT2D eigenvalue weighted by Gasteiger charge is 2.12. The molecule has 0 spiro atoms. The van der Waals surface area contributed by atoms with Crippen LogP contribution in [0, 0.1) is 12.7 Å². The normalized spacial score (nSPS) is 12.0. The molecule has 2 rings (SSSR count). The Hall–Kier alpha value is -2.23. The van der Waals surface area contributed by atoms with Gasteiger partial charge in [-0.3, -0.25) is 0 Å². The number of nitrogens with one attached hydrogen (secondary N) is 1. The van der Waals surface area contributed by atoms with Gasteiger partial charge in [-0.2, -0.15) is 0 Å². The number of hydrogen-bond donors (Lipinski definition) is 2. The molecule has 0 bridgehead atoms. The smallest absolute Gasteiger partial charge is 0.132 e. The maximum Gasteiger partial charge on any atom is 0.132 e. The highest BCUT2D eigenvalue weighted by molar-refractivity contribution is 5.62. The van der Waals surface area contributed by atoms with Crippen LogP contribution in [-0.2, 0) is 0 Å². The molecule has 2 aromatic rings. The molecule has 0 heterocycles. The van der Waals surface area contributed by atoms with E-state index in [1.165, 1.54) is 11.6 Å². The van der Waals surface area contributed by atoms with E-state index < -0.39 is 5.82 Å². The predicted octanol–water partition coefficient (Wildman–Crippen LogP) is 4.08. The lowest BCUT2D eigenvalue weighted by molar-refractivity contribution is 0.467. The molecule has 0 amide bonds. The van der Waals surface area contributed by atoms with E-state index in [0.717, 1.165) is 17.4 Å². The fraction of sp³-hybridized carbons (Fsp3) is 0.294. The Morgan fingerprint density at radius 3 is 2.48 bits per heavy atom. The number of anilines is 2. The Labute approximate surface area is 125 Å². The summed E-state index contributed by atoms with van der Waals surface area (Å²) in [6, 6.07) is 10.1. The molecule has 3 nitrogen and oxygen atoms in total. The van der Waals surface area contributed by atoms with Gasteiger partial charge in [-0.25, -0.2) is 4.39 Å². The Morgan fingerprint density at radius 1 is 1.14 bits per heavy atom. The number of phenols is 1. The SMILES string of the molecule is Cc1ccc(NC(C)c2ccc(O)cc2F)cc1N(C)C. The number of nitrogens with zero attached hydrogens (tertiary/aromatic N) is 1. The summed E-state index contributed by atoms with van der Waals surface area (Å²) in [7, 11) is 3.99. The molecule has 2 aromatic carbocycles. The number of benzene rings is 2. The summed E-state index contributed by atoms with van der Waals surface area (Å²) < 4.78 is 13.9. The van der Waals surface area contributed by atoms with E-state index in [2.05, 4.69) is 12.2 Å². The summed E-state index contributed by atoms with van der Waals surface area (Å²) in [6.45, 7) is 3.95. The molecule has 21 heavy (non-hydrogen) atoms. The zero-order valence-electron chi connectivity index (χ0n) is 12.8. The van der Waals surface area contributed by atoms with Crippen LogP contribution in [0.2, 0.25) is 0 Å². The van der Waals surface area contributed by atoms with E-state index in [1.54, 1.807) is 6.07 Å². The first-order valence-electron chi connectivity index (χ1n) is 6.91. The van der Waals surface area contributed by atoms with Crippen molar-refractivity contribution in [2.24, 2.45) is 0 Å². The van der Waals surface area contributed by atoms with Crippen LogP contribution in [-0.4, -0.2) is 19.2 Å².